The van der Waals surface area contributed by atoms with E-state index in [4.69, 9.17) is 0 Å². The van der Waals surface area contributed by atoms with Crippen molar-refractivity contribution in [1.29, 1.82) is 0 Å². The Bertz CT molecular complexity index is 1170. The number of benzene rings is 2. The Balaban J connectivity index is 1.57. The summed E-state index contributed by atoms with van der Waals surface area (Å²) in [7, 11) is 0. The third kappa shape index (κ3) is 4.75. The number of nitrogens with zero attached hydrogens (tertiary/aromatic N) is 1. The van der Waals surface area contributed by atoms with Crippen LogP contribution in [0.15, 0.2) is 89.1 Å². The van der Waals surface area contributed by atoms with Gasteiger partial charge in [-0.1, -0.05) is 54.1 Å². The molecular weight excluding hydrogens is 401 g/mol. The summed E-state index contributed by atoms with van der Waals surface area (Å²) in [6.45, 7) is 5.19. The zero-order valence-corrected chi connectivity index (χ0v) is 18.6. The third-order valence-corrected chi connectivity index (χ3v) is 6.19. The highest BCUT2D eigenvalue weighted by Gasteiger charge is 2.24. The monoisotopic (exact) mass is 429 g/mol. The number of phenolic OH excluding ortho intramolecular Hbond substituents is 1. The van der Waals surface area contributed by atoms with Gasteiger partial charge in [0, 0.05) is 13.1 Å². The molecule has 0 spiro atoms. The number of hydrogen-bond acceptors (Lipinski definition) is 2. The zero-order valence-electron chi connectivity index (χ0n) is 18.6. The zero-order chi connectivity index (χ0) is 22.7. The molecule has 4 heteroatoms. The molecule has 0 aromatic heterocycles. The number of aromatic hydroxyl groups is 1. The smallest absolute Gasteiger partial charge is 0.257 e. The molecule has 0 radical (unpaired) electrons. The molecule has 1 heterocycles. The molecule has 0 saturated heterocycles. The second-order valence-corrected chi connectivity index (χ2v) is 8.47. The molecule has 1 N–H and O–H groups in total. The molecule has 0 saturated carbocycles. The van der Waals surface area contributed by atoms with Crippen molar-refractivity contribution in [3.63, 3.8) is 0 Å². The lowest BCUT2D eigenvalue weighted by Crippen LogP contribution is -2.35. The predicted molar refractivity (Wildman–Crippen MR) is 126 cm³/mol. The van der Waals surface area contributed by atoms with Gasteiger partial charge in [0.05, 0.1) is 5.56 Å². The molecule has 0 fully saturated rings. The normalized spacial score (nSPS) is 16.5. The lowest BCUT2D eigenvalue weighted by molar-refractivity contribution is 0.0764. The standard InChI is InChI=1S/C28H28FNO2/c1-19-6-5-9-23(17-22-8-4-3-7-20(22)2)25(16-19)21-12-14-30(15-13-21)28(32)26-18-24(31)10-11-27(26)29/h3-4,6-12,16,18,31H,5,13-15,17H2,1-2H3. The first-order valence-electron chi connectivity index (χ1n) is 11.0. The van der Waals surface area contributed by atoms with Crippen LogP contribution in [0, 0.1) is 12.7 Å². The molecule has 32 heavy (non-hydrogen) atoms. The van der Waals surface area contributed by atoms with Crippen molar-refractivity contribution in [3.05, 3.63) is 112 Å². The number of carbonyl (C=O) groups is 1. The van der Waals surface area contributed by atoms with Crippen molar-refractivity contribution in [2.24, 2.45) is 0 Å². The molecule has 0 atom stereocenters. The minimum Gasteiger partial charge on any atom is -0.508 e. The summed E-state index contributed by atoms with van der Waals surface area (Å²) in [5, 5.41) is 9.65. The predicted octanol–water partition coefficient (Wildman–Crippen LogP) is 6.06. The first-order chi connectivity index (χ1) is 15.4. The van der Waals surface area contributed by atoms with Crippen LogP contribution in [0.1, 0.15) is 41.3 Å². The molecule has 2 aromatic carbocycles. The molecule has 164 valence electrons. The second kappa shape index (κ2) is 9.39. The van der Waals surface area contributed by atoms with Crippen LogP contribution in [0.2, 0.25) is 0 Å². The van der Waals surface area contributed by atoms with Gasteiger partial charge in [-0.3, -0.25) is 4.79 Å². The fraction of sp³-hybridized carbons (Fsp3) is 0.250. The Morgan fingerprint density at radius 1 is 1.09 bits per heavy atom. The minimum atomic E-state index is -0.613. The van der Waals surface area contributed by atoms with Crippen LogP contribution < -0.4 is 0 Å². The summed E-state index contributed by atoms with van der Waals surface area (Å²) < 4.78 is 14.1. The number of amides is 1. The maximum Gasteiger partial charge on any atom is 0.257 e. The average Bonchev–Trinajstić information content (AvgIpc) is 2.97. The molecule has 3 nitrogen and oxygen atoms in total. The van der Waals surface area contributed by atoms with E-state index < -0.39 is 11.7 Å². The van der Waals surface area contributed by atoms with Gasteiger partial charge in [0.25, 0.3) is 5.91 Å². The van der Waals surface area contributed by atoms with Crippen LogP contribution in [0.4, 0.5) is 4.39 Å². The van der Waals surface area contributed by atoms with Gasteiger partial charge in [0.2, 0.25) is 0 Å². The van der Waals surface area contributed by atoms with E-state index in [9.17, 15) is 14.3 Å². The molecule has 4 rings (SSSR count). The van der Waals surface area contributed by atoms with Gasteiger partial charge >= 0.3 is 0 Å². The topological polar surface area (TPSA) is 40.5 Å². The van der Waals surface area contributed by atoms with Crippen molar-refractivity contribution in [3.8, 4) is 5.75 Å². The number of aryl methyl sites for hydroxylation is 1. The van der Waals surface area contributed by atoms with Crippen LogP contribution >= 0.6 is 0 Å². The van der Waals surface area contributed by atoms with Crippen molar-refractivity contribution < 1.29 is 14.3 Å². The van der Waals surface area contributed by atoms with Gasteiger partial charge in [-0.15, -0.1) is 0 Å². The highest BCUT2D eigenvalue weighted by molar-refractivity contribution is 5.95. The third-order valence-electron chi connectivity index (χ3n) is 6.19. The summed E-state index contributed by atoms with van der Waals surface area (Å²) in [4.78, 5) is 14.4. The number of hydrogen-bond donors (Lipinski definition) is 1. The first-order valence-corrected chi connectivity index (χ1v) is 11.0. The minimum absolute atomic E-state index is 0.0885. The van der Waals surface area contributed by atoms with Gasteiger partial charge in [-0.05, 0) is 79.2 Å². The summed E-state index contributed by atoms with van der Waals surface area (Å²) in [6.07, 6.45) is 11.3. The van der Waals surface area contributed by atoms with E-state index in [-0.39, 0.29) is 11.3 Å². The van der Waals surface area contributed by atoms with Gasteiger partial charge in [0.15, 0.2) is 0 Å². The number of carbonyl (C=O) groups excluding carboxylic acids is 1. The maximum atomic E-state index is 14.1. The van der Waals surface area contributed by atoms with Gasteiger partial charge < -0.3 is 10.0 Å². The SMILES string of the molecule is CC1=CCC=C(Cc2ccccc2C)C(C2=CCN(C(=O)c3cc(O)ccc3F)CC2)=C1. The Morgan fingerprint density at radius 3 is 2.66 bits per heavy atom. The van der Waals surface area contributed by atoms with E-state index in [0.29, 0.717) is 19.5 Å². The largest absolute Gasteiger partial charge is 0.508 e. The number of rotatable bonds is 4. The van der Waals surface area contributed by atoms with E-state index >= 15 is 0 Å². The van der Waals surface area contributed by atoms with Crippen LogP contribution in [-0.2, 0) is 6.42 Å². The van der Waals surface area contributed by atoms with Gasteiger partial charge in [-0.25, -0.2) is 4.39 Å². The van der Waals surface area contributed by atoms with E-state index in [0.717, 1.165) is 18.9 Å². The Labute approximate surface area is 188 Å². The fourth-order valence-corrected chi connectivity index (χ4v) is 4.30. The summed E-state index contributed by atoms with van der Waals surface area (Å²) >= 11 is 0. The quantitative estimate of drug-likeness (QED) is 0.642. The highest BCUT2D eigenvalue weighted by Crippen LogP contribution is 2.32. The Morgan fingerprint density at radius 2 is 1.91 bits per heavy atom. The number of allylic oxidation sites excluding steroid dienone is 6. The van der Waals surface area contributed by atoms with Crippen molar-refractivity contribution in [2.45, 2.75) is 33.1 Å². The van der Waals surface area contributed by atoms with Crippen molar-refractivity contribution in [2.75, 3.05) is 13.1 Å². The summed E-state index contributed by atoms with van der Waals surface area (Å²) in [6, 6.07) is 12.0. The maximum absolute atomic E-state index is 14.1. The fourth-order valence-electron chi connectivity index (χ4n) is 4.30. The van der Waals surface area contributed by atoms with E-state index in [1.807, 2.05) is 0 Å². The van der Waals surface area contributed by atoms with Crippen molar-refractivity contribution in [1.82, 2.24) is 4.90 Å². The van der Waals surface area contributed by atoms with Gasteiger partial charge in [0.1, 0.15) is 11.6 Å². The molecule has 0 bridgehead atoms. The lowest BCUT2D eigenvalue weighted by atomic mass is 9.87. The lowest BCUT2D eigenvalue weighted by Gasteiger charge is -2.28. The molecule has 1 amide bonds. The highest BCUT2D eigenvalue weighted by atomic mass is 19.1. The van der Waals surface area contributed by atoms with E-state index in [1.54, 1.807) is 4.90 Å². The number of phenols is 1. The molecule has 1 aliphatic carbocycles. The van der Waals surface area contributed by atoms with Crippen LogP contribution in [0.5, 0.6) is 5.75 Å². The molecule has 0 unspecified atom stereocenters. The van der Waals surface area contributed by atoms with E-state index in [1.165, 1.54) is 45.6 Å². The first kappa shape index (κ1) is 21.8. The van der Waals surface area contributed by atoms with Crippen LogP contribution in [0.25, 0.3) is 0 Å². The summed E-state index contributed by atoms with van der Waals surface area (Å²) in [5.41, 5.74) is 7.50. The Kier molecular flexibility index (Phi) is 6.40. The average molecular weight is 430 g/mol. The Hall–Kier alpha value is -3.40. The molecule has 1 aliphatic heterocycles. The number of halogens is 1. The van der Waals surface area contributed by atoms with Crippen LogP contribution in [0.3, 0.4) is 0 Å². The van der Waals surface area contributed by atoms with Gasteiger partial charge in [-0.2, -0.15) is 0 Å². The molecule has 2 aromatic rings. The molecule has 2 aliphatic rings. The van der Waals surface area contributed by atoms with Crippen molar-refractivity contribution >= 4 is 5.91 Å². The van der Waals surface area contributed by atoms with E-state index in [2.05, 4.69) is 62.4 Å². The second-order valence-electron chi connectivity index (χ2n) is 8.47. The summed E-state index contributed by atoms with van der Waals surface area (Å²) in [5.74, 6) is -1.12. The molecular formula is C28H28FNO2. The van der Waals surface area contributed by atoms with Crippen LogP contribution in [-0.4, -0.2) is 29.0 Å².